The summed E-state index contributed by atoms with van der Waals surface area (Å²) in [5, 5.41) is 13.2. The van der Waals surface area contributed by atoms with Crippen molar-refractivity contribution >= 4 is 28.9 Å². The molecular weight excluding hydrogens is 295 g/mol. The van der Waals surface area contributed by atoms with E-state index in [1.54, 1.807) is 6.07 Å². The predicted octanol–water partition coefficient (Wildman–Crippen LogP) is 2.88. The zero-order valence-electron chi connectivity index (χ0n) is 10.3. The van der Waals surface area contributed by atoms with Crippen molar-refractivity contribution in [3.63, 3.8) is 0 Å². The van der Waals surface area contributed by atoms with Crippen LogP contribution in [0.1, 0.15) is 0 Å². The minimum Gasteiger partial charge on any atom is -0.384 e. The number of rotatable bonds is 1. The number of hydrogen-bond donors (Lipinski definition) is 2. The summed E-state index contributed by atoms with van der Waals surface area (Å²) < 4.78 is 0. The van der Waals surface area contributed by atoms with Crippen LogP contribution >= 0.6 is 23.2 Å². The van der Waals surface area contributed by atoms with E-state index in [0.29, 0.717) is 28.0 Å². The number of fused-ring (bicyclic) bond motifs is 1. The van der Waals surface area contributed by atoms with Gasteiger partial charge in [-0.3, -0.25) is 0 Å². The number of nitrogens with one attached hydrogen (secondary N) is 1. The molecule has 1 aromatic rings. The summed E-state index contributed by atoms with van der Waals surface area (Å²) in [5.74, 6) is 0.369. The molecule has 0 amide bonds. The van der Waals surface area contributed by atoms with Gasteiger partial charge in [-0.25, -0.2) is 0 Å². The zero-order valence-corrected chi connectivity index (χ0v) is 11.8. The lowest BCUT2D eigenvalue weighted by molar-refractivity contribution is 0.962. The molecule has 0 spiro atoms. The van der Waals surface area contributed by atoms with Crippen LogP contribution in [0.4, 0.5) is 5.69 Å². The van der Waals surface area contributed by atoms with Crippen molar-refractivity contribution in [2.45, 2.75) is 0 Å². The summed E-state index contributed by atoms with van der Waals surface area (Å²) in [6.45, 7) is 0.636. The lowest BCUT2D eigenvalue weighted by Gasteiger charge is -2.17. The van der Waals surface area contributed by atoms with E-state index in [1.165, 1.54) is 0 Å². The Morgan fingerprint density at radius 3 is 2.60 bits per heavy atom. The fourth-order valence-corrected chi connectivity index (χ4v) is 2.79. The van der Waals surface area contributed by atoms with Crippen molar-refractivity contribution in [3.8, 4) is 6.07 Å². The molecule has 2 heterocycles. The number of nitriles is 1. The maximum atomic E-state index is 9.20. The predicted molar refractivity (Wildman–Crippen MR) is 79.9 cm³/mol. The van der Waals surface area contributed by atoms with E-state index in [2.05, 4.69) is 11.4 Å². The lowest BCUT2D eigenvalue weighted by atomic mass is 10.0. The van der Waals surface area contributed by atoms with Gasteiger partial charge in [-0.2, -0.15) is 5.26 Å². The molecule has 0 unspecified atom stereocenters. The Balaban J connectivity index is 2.02. The summed E-state index contributed by atoms with van der Waals surface area (Å²) in [6.07, 6.45) is 3.70. The van der Waals surface area contributed by atoms with Crippen molar-refractivity contribution in [1.82, 2.24) is 5.32 Å². The molecule has 0 fully saturated rings. The van der Waals surface area contributed by atoms with Crippen molar-refractivity contribution < 1.29 is 0 Å². The first-order valence-electron chi connectivity index (χ1n) is 5.89. The van der Waals surface area contributed by atoms with Crippen LogP contribution in [-0.2, 0) is 0 Å². The van der Waals surface area contributed by atoms with E-state index in [0.717, 1.165) is 16.8 Å². The fraction of sp³-hybridized carbons (Fsp3) is 0.0714. The zero-order chi connectivity index (χ0) is 14.3. The first-order chi connectivity index (χ1) is 9.58. The second-order valence-electron chi connectivity index (χ2n) is 4.51. The molecule has 20 heavy (non-hydrogen) atoms. The van der Waals surface area contributed by atoms with Crippen LogP contribution in [0.5, 0.6) is 0 Å². The van der Waals surface area contributed by atoms with E-state index in [-0.39, 0.29) is 0 Å². The molecule has 3 rings (SSSR count). The highest BCUT2D eigenvalue weighted by Crippen LogP contribution is 2.34. The quantitative estimate of drug-likeness (QED) is 0.837. The molecule has 0 radical (unpaired) electrons. The van der Waals surface area contributed by atoms with Crippen LogP contribution in [0.3, 0.4) is 0 Å². The summed E-state index contributed by atoms with van der Waals surface area (Å²) >= 11 is 12.0. The van der Waals surface area contributed by atoms with Gasteiger partial charge in [0.2, 0.25) is 0 Å². The van der Waals surface area contributed by atoms with Gasteiger partial charge in [-0.05, 0) is 23.8 Å². The van der Waals surface area contributed by atoms with Gasteiger partial charge in [0.25, 0.3) is 0 Å². The molecule has 4 nitrogen and oxygen atoms in total. The van der Waals surface area contributed by atoms with Gasteiger partial charge in [0.1, 0.15) is 17.5 Å². The first-order valence-corrected chi connectivity index (χ1v) is 6.65. The molecule has 0 bridgehead atoms. The first kappa shape index (κ1) is 12.9. The van der Waals surface area contributed by atoms with Crippen LogP contribution in [-0.4, -0.2) is 6.54 Å². The molecule has 1 aromatic carbocycles. The van der Waals surface area contributed by atoms with Gasteiger partial charge in [-0.1, -0.05) is 23.2 Å². The fourth-order valence-electron chi connectivity index (χ4n) is 2.28. The van der Waals surface area contributed by atoms with Crippen LogP contribution in [0, 0.1) is 11.3 Å². The summed E-state index contributed by atoms with van der Waals surface area (Å²) in [6, 6.07) is 7.46. The number of nitrogens with two attached hydrogens (primary N) is 1. The molecule has 0 aliphatic carbocycles. The normalized spacial score (nSPS) is 17.1. The monoisotopic (exact) mass is 304 g/mol. The van der Waals surface area contributed by atoms with E-state index in [9.17, 15) is 5.26 Å². The van der Waals surface area contributed by atoms with Crippen LogP contribution in [0.2, 0.25) is 10.0 Å². The number of nitrogens with zero attached hydrogens (tertiary/aromatic N) is 2. The van der Waals surface area contributed by atoms with Crippen LogP contribution in [0.25, 0.3) is 0 Å². The number of anilines is 1. The average Bonchev–Trinajstić information content (AvgIpc) is 2.81. The Bertz CT molecular complexity index is 705. The molecule has 100 valence electrons. The molecule has 0 atom stereocenters. The van der Waals surface area contributed by atoms with E-state index in [1.807, 2.05) is 29.4 Å². The van der Waals surface area contributed by atoms with Gasteiger partial charge in [0.05, 0.1) is 0 Å². The van der Waals surface area contributed by atoms with Gasteiger partial charge >= 0.3 is 0 Å². The Hall–Kier alpha value is -2.09. The molecule has 0 saturated carbocycles. The van der Waals surface area contributed by atoms with Gasteiger partial charge in [0, 0.05) is 40.3 Å². The standard InChI is InChI=1S/C14H10Cl2N4/c15-9-1-10(16)3-11(2-9)20-6-8-5-19-14(18)12(4-17)13(8)7-20/h1-3,5,7,19H,6,18H2. The molecular formula is C14H10Cl2N4. The van der Waals surface area contributed by atoms with Gasteiger partial charge in [0.15, 0.2) is 0 Å². The molecule has 2 aliphatic rings. The van der Waals surface area contributed by atoms with E-state index >= 15 is 0 Å². The largest absolute Gasteiger partial charge is 0.384 e. The number of halogens is 2. The second-order valence-corrected chi connectivity index (χ2v) is 5.39. The summed E-state index contributed by atoms with van der Waals surface area (Å²) in [5.41, 5.74) is 8.95. The molecule has 2 aliphatic heterocycles. The number of allylic oxidation sites excluding steroid dienone is 1. The Morgan fingerprint density at radius 2 is 1.95 bits per heavy atom. The third kappa shape index (κ3) is 2.11. The number of hydrogen-bond acceptors (Lipinski definition) is 4. The maximum absolute atomic E-state index is 9.20. The third-order valence-electron chi connectivity index (χ3n) is 3.20. The SMILES string of the molecule is N#CC1=C(N)NC=C2CN(c3cc(Cl)cc(Cl)c3)C=C21. The van der Waals surface area contributed by atoms with Gasteiger partial charge in [-0.15, -0.1) is 0 Å². The summed E-state index contributed by atoms with van der Waals surface area (Å²) in [4.78, 5) is 1.98. The Morgan fingerprint density at radius 1 is 1.25 bits per heavy atom. The summed E-state index contributed by atoms with van der Waals surface area (Å²) in [7, 11) is 0. The van der Waals surface area contributed by atoms with Gasteiger partial charge < -0.3 is 16.0 Å². The van der Waals surface area contributed by atoms with Crippen LogP contribution < -0.4 is 16.0 Å². The minimum atomic E-state index is 0.369. The van der Waals surface area contributed by atoms with Crippen molar-refractivity contribution in [2.75, 3.05) is 11.4 Å². The Labute approximate surface area is 126 Å². The molecule has 0 aromatic heterocycles. The highest BCUT2D eigenvalue weighted by Gasteiger charge is 2.26. The third-order valence-corrected chi connectivity index (χ3v) is 3.64. The maximum Gasteiger partial charge on any atom is 0.119 e. The number of dihydropyridines is 1. The van der Waals surface area contributed by atoms with Crippen molar-refractivity contribution in [1.29, 1.82) is 5.26 Å². The molecule has 0 saturated heterocycles. The van der Waals surface area contributed by atoms with Crippen molar-refractivity contribution in [2.24, 2.45) is 5.73 Å². The minimum absolute atomic E-state index is 0.369. The second kappa shape index (κ2) is 4.78. The number of benzene rings is 1. The average molecular weight is 305 g/mol. The highest BCUT2D eigenvalue weighted by atomic mass is 35.5. The lowest BCUT2D eigenvalue weighted by Crippen LogP contribution is -2.22. The highest BCUT2D eigenvalue weighted by molar-refractivity contribution is 6.35. The molecule has 6 heteroatoms. The smallest absolute Gasteiger partial charge is 0.119 e. The molecule has 3 N–H and O–H groups in total. The topological polar surface area (TPSA) is 65.1 Å². The van der Waals surface area contributed by atoms with Crippen molar-refractivity contribution in [3.05, 3.63) is 63.2 Å². The van der Waals surface area contributed by atoms with E-state index < -0.39 is 0 Å². The van der Waals surface area contributed by atoms with E-state index in [4.69, 9.17) is 28.9 Å². The Kier molecular flexibility index (Phi) is 3.09. The van der Waals surface area contributed by atoms with Crippen LogP contribution in [0.15, 0.2) is 53.1 Å².